The minimum absolute atomic E-state index is 0.0822. The quantitative estimate of drug-likeness (QED) is 0.579. The second-order valence-corrected chi connectivity index (χ2v) is 4.47. The molecule has 1 saturated heterocycles. The van der Waals surface area contributed by atoms with Gasteiger partial charge in [0, 0.05) is 6.54 Å². The van der Waals surface area contributed by atoms with Gasteiger partial charge in [-0.1, -0.05) is 0 Å². The number of piperidine rings is 1. The fourth-order valence-corrected chi connectivity index (χ4v) is 1.91. The third-order valence-corrected chi connectivity index (χ3v) is 3.21. The molecule has 1 saturated carbocycles. The van der Waals surface area contributed by atoms with Gasteiger partial charge in [0.25, 0.3) is 0 Å². The SMILES string of the molecule is O=C(NC1(CO)CC1)C1CCCNC1. The van der Waals surface area contributed by atoms with Gasteiger partial charge in [-0.25, -0.2) is 0 Å². The van der Waals surface area contributed by atoms with Crippen molar-refractivity contribution >= 4 is 5.91 Å². The Bertz CT molecular complexity index is 220. The van der Waals surface area contributed by atoms with E-state index in [-0.39, 0.29) is 24.0 Å². The maximum absolute atomic E-state index is 11.8. The Kier molecular flexibility index (Phi) is 2.74. The summed E-state index contributed by atoms with van der Waals surface area (Å²) >= 11 is 0. The number of hydrogen-bond acceptors (Lipinski definition) is 3. The van der Waals surface area contributed by atoms with Gasteiger partial charge in [0.1, 0.15) is 0 Å². The highest BCUT2D eigenvalue weighted by atomic mass is 16.3. The number of aliphatic hydroxyl groups is 1. The van der Waals surface area contributed by atoms with E-state index in [0.717, 1.165) is 38.8 Å². The molecule has 1 heterocycles. The summed E-state index contributed by atoms with van der Waals surface area (Å²) in [6.07, 6.45) is 3.90. The smallest absolute Gasteiger partial charge is 0.224 e. The highest BCUT2D eigenvalue weighted by Crippen LogP contribution is 2.35. The molecule has 2 aliphatic rings. The van der Waals surface area contributed by atoms with E-state index < -0.39 is 0 Å². The molecule has 1 aliphatic carbocycles. The Balaban J connectivity index is 1.82. The lowest BCUT2D eigenvalue weighted by Crippen LogP contribution is -2.46. The van der Waals surface area contributed by atoms with Crippen LogP contribution in [0.5, 0.6) is 0 Å². The van der Waals surface area contributed by atoms with Gasteiger partial charge in [-0.05, 0) is 32.2 Å². The molecule has 0 radical (unpaired) electrons. The van der Waals surface area contributed by atoms with Crippen LogP contribution in [0.3, 0.4) is 0 Å². The van der Waals surface area contributed by atoms with E-state index in [0.29, 0.717) is 0 Å². The number of carbonyl (C=O) groups excluding carboxylic acids is 1. The molecule has 4 nitrogen and oxygen atoms in total. The first kappa shape index (κ1) is 9.93. The second kappa shape index (κ2) is 3.87. The van der Waals surface area contributed by atoms with Crippen LogP contribution in [0, 0.1) is 5.92 Å². The van der Waals surface area contributed by atoms with Crippen LogP contribution in [-0.2, 0) is 4.79 Å². The number of amides is 1. The van der Waals surface area contributed by atoms with Crippen molar-refractivity contribution in [2.75, 3.05) is 19.7 Å². The molecule has 2 fully saturated rings. The standard InChI is InChI=1S/C10H18N2O2/c13-7-10(3-4-10)12-9(14)8-2-1-5-11-6-8/h8,11,13H,1-7H2,(H,12,14). The van der Waals surface area contributed by atoms with Crippen molar-refractivity contribution in [1.82, 2.24) is 10.6 Å². The van der Waals surface area contributed by atoms with Crippen LogP contribution < -0.4 is 10.6 Å². The van der Waals surface area contributed by atoms with E-state index in [2.05, 4.69) is 10.6 Å². The Morgan fingerprint density at radius 3 is 2.86 bits per heavy atom. The predicted molar refractivity (Wildman–Crippen MR) is 52.8 cm³/mol. The molecule has 1 amide bonds. The molecule has 0 spiro atoms. The first-order valence-corrected chi connectivity index (χ1v) is 5.39. The molecule has 80 valence electrons. The van der Waals surface area contributed by atoms with Crippen LogP contribution in [-0.4, -0.2) is 36.2 Å². The third kappa shape index (κ3) is 2.07. The van der Waals surface area contributed by atoms with Gasteiger partial charge < -0.3 is 15.7 Å². The maximum Gasteiger partial charge on any atom is 0.224 e. The van der Waals surface area contributed by atoms with E-state index in [9.17, 15) is 4.79 Å². The van der Waals surface area contributed by atoms with Gasteiger partial charge in [-0.15, -0.1) is 0 Å². The molecule has 14 heavy (non-hydrogen) atoms. The first-order valence-electron chi connectivity index (χ1n) is 5.39. The van der Waals surface area contributed by atoms with E-state index in [1.807, 2.05) is 0 Å². The number of carbonyl (C=O) groups is 1. The molecule has 0 aromatic carbocycles. The van der Waals surface area contributed by atoms with Gasteiger partial charge in [0.05, 0.1) is 18.1 Å². The lowest BCUT2D eigenvalue weighted by Gasteiger charge is -2.24. The summed E-state index contributed by atoms with van der Waals surface area (Å²) in [6, 6.07) is 0. The molecule has 0 aromatic heterocycles. The number of aliphatic hydroxyl groups excluding tert-OH is 1. The molecule has 1 atom stereocenters. The van der Waals surface area contributed by atoms with E-state index in [1.54, 1.807) is 0 Å². The zero-order valence-corrected chi connectivity index (χ0v) is 8.38. The molecule has 2 rings (SSSR count). The topological polar surface area (TPSA) is 61.4 Å². The Morgan fingerprint density at radius 2 is 2.36 bits per heavy atom. The van der Waals surface area contributed by atoms with Crippen LogP contribution >= 0.6 is 0 Å². The molecule has 4 heteroatoms. The van der Waals surface area contributed by atoms with Crippen LogP contribution in [0.15, 0.2) is 0 Å². The molecule has 0 bridgehead atoms. The molecular weight excluding hydrogens is 180 g/mol. The van der Waals surface area contributed by atoms with E-state index in [1.165, 1.54) is 0 Å². The van der Waals surface area contributed by atoms with Gasteiger partial charge in [-0.2, -0.15) is 0 Å². The number of nitrogens with one attached hydrogen (secondary N) is 2. The Hall–Kier alpha value is -0.610. The molecule has 0 aromatic rings. The monoisotopic (exact) mass is 198 g/mol. The number of rotatable bonds is 3. The molecule has 1 aliphatic heterocycles. The van der Waals surface area contributed by atoms with Gasteiger partial charge in [0.15, 0.2) is 0 Å². The van der Waals surface area contributed by atoms with Gasteiger partial charge >= 0.3 is 0 Å². The first-order chi connectivity index (χ1) is 6.76. The maximum atomic E-state index is 11.8. The summed E-state index contributed by atoms with van der Waals surface area (Å²) in [5.41, 5.74) is -0.255. The Labute approximate surface area is 84.1 Å². The average Bonchev–Trinajstić information content (AvgIpc) is 3.00. The fraction of sp³-hybridized carbons (Fsp3) is 0.900. The van der Waals surface area contributed by atoms with Crippen LogP contribution in [0.2, 0.25) is 0 Å². The summed E-state index contributed by atoms with van der Waals surface area (Å²) in [6.45, 7) is 1.89. The number of hydrogen-bond donors (Lipinski definition) is 3. The summed E-state index contributed by atoms with van der Waals surface area (Å²) in [4.78, 5) is 11.8. The van der Waals surface area contributed by atoms with Crippen molar-refractivity contribution in [3.05, 3.63) is 0 Å². The largest absolute Gasteiger partial charge is 0.394 e. The Morgan fingerprint density at radius 1 is 1.57 bits per heavy atom. The highest BCUT2D eigenvalue weighted by Gasteiger charge is 2.44. The fourth-order valence-electron chi connectivity index (χ4n) is 1.91. The van der Waals surface area contributed by atoms with Crippen molar-refractivity contribution in [3.63, 3.8) is 0 Å². The summed E-state index contributed by atoms with van der Waals surface area (Å²) in [5, 5.41) is 15.2. The van der Waals surface area contributed by atoms with Crippen LogP contribution in [0.25, 0.3) is 0 Å². The minimum atomic E-state index is -0.255. The lowest BCUT2D eigenvalue weighted by atomic mass is 9.98. The van der Waals surface area contributed by atoms with Crippen molar-refractivity contribution in [2.45, 2.75) is 31.2 Å². The summed E-state index contributed by atoms with van der Waals surface area (Å²) in [5.74, 6) is 0.219. The molecule has 1 unspecified atom stereocenters. The van der Waals surface area contributed by atoms with Crippen molar-refractivity contribution in [2.24, 2.45) is 5.92 Å². The summed E-state index contributed by atoms with van der Waals surface area (Å²) < 4.78 is 0. The van der Waals surface area contributed by atoms with Gasteiger partial charge in [-0.3, -0.25) is 4.79 Å². The van der Waals surface area contributed by atoms with Gasteiger partial charge in [0.2, 0.25) is 5.91 Å². The lowest BCUT2D eigenvalue weighted by molar-refractivity contribution is -0.126. The summed E-state index contributed by atoms with van der Waals surface area (Å²) in [7, 11) is 0. The predicted octanol–water partition coefficient (Wildman–Crippen LogP) is -0.373. The van der Waals surface area contributed by atoms with Crippen molar-refractivity contribution in [3.8, 4) is 0 Å². The van der Waals surface area contributed by atoms with Crippen molar-refractivity contribution < 1.29 is 9.90 Å². The average molecular weight is 198 g/mol. The van der Waals surface area contributed by atoms with Crippen molar-refractivity contribution in [1.29, 1.82) is 0 Å². The highest BCUT2D eigenvalue weighted by molar-refractivity contribution is 5.80. The van der Waals surface area contributed by atoms with Crippen LogP contribution in [0.4, 0.5) is 0 Å². The minimum Gasteiger partial charge on any atom is -0.394 e. The van der Waals surface area contributed by atoms with E-state index in [4.69, 9.17) is 5.11 Å². The van der Waals surface area contributed by atoms with E-state index >= 15 is 0 Å². The van der Waals surface area contributed by atoms with Crippen LogP contribution in [0.1, 0.15) is 25.7 Å². The molecule has 3 N–H and O–H groups in total. The molecular formula is C10H18N2O2. The zero-order valence-electron chi connectivity index (χ0n) is 8.38. The zero-order chi connectivity index (χ0) is 10.0. The second-order valence-electron chi connectivity index (χ2n) is 4.47. The third-order valence-electron chi connectivity index (χ3n) is 3.21. The normalized spacial score (nSPS) is 29.6.